The third kappa shape index (κ3) is 1.87. The summed E-state index contributed by atoms with van der Waals surface area (Å²) in [6, 6.07) is 0.267. The SMILES string of the molecule is Cc1sc2ncnc(N3CCC[C@@H](N)C3)c2c1C. The van der Waals surface area contributed by atoms with Crippen LogP contribution < -0.4 is 10.6 Å². The van der Waals surface area contributed by atoms with Gasteiger partial charge in [-0.3, -0.25) is 0 Å². The average Bonchev–Trinajstić information content (AvgIpc) is 2.65. The molecule has 0 unspecified atom stereocenters. The molecular formula is C13H18N4S. The van der Waals surface area contributed by atoms with Gasteiger partial charge < -0.3 is 10.6 Å². The third-order valence-electron chi connectivity index (χ3n) is 3.70. The maximum atomic E-state index is 6.07. The van der Waals surface area contributed by atoms with Crippen molar-refractivity contribution < 1.29 is 0 Å². The van der Waals surface area contributed by atoms with E-state index in [4.69, 9.17) is 5.73 Å². The van der Waals surface area contributed by atoms with Gasteiger partial charge in [-0.2, -0.15) is 0 Å². The predicted molar refractivity (Wildman–Crippen MR) is 76.3 cm³/mol. The van der Waals surface area contributed by atoms with Crippen LogP contribution in [0.3, 0.4) is 0 Å². The van der Waals surface area contributed by atoms with Crippen LogP contribution in [0.4, 0.5) is 5.82 Å². The van der Waals surface area contributed by atoms with Gasteiger partial charge in [-0.05, 0) is 32.3 Å². The molecule has 3 heterocycles. The van der Waals surface area contributed by atoms with E-state index in [1.54, 1.807) is 17.7 Å². The van der Waals surface area contributed by atoms with Crippen LogP contribution in [0.5, 0.6) is 0 Å². The highest BCUT2D eigenvalue weighted by Gasteiger charge is 2.21. The first-order valence-electron chi connectivity index (χ1n) is 6.38. The van der Waals surface area contributed by atoms with Crippen molar-refractivity contribution in [2.75, 3.05) is 18.0 Å². The molecule has 1 saturated heterocycles. The Morgan fingerprint density at radius 3 is 3.00 bits per heavy atom. The van der Waals surface area contributed by atoms with Gasteiger partial charge >= 0.3 is 0 Å². The van der Waals surface area contributed by atoms with E-state index in [-0.39, 0.29) is 6.04 Å². The Balaban J connectivity index is 2.10. The van der Waals surface area contributed by atoms with Crippen molar-refractivity contribution in [3.8, 4) is 0 Å². The topological polar surface area (TPSA) is 55.0 Å². The number of aromatic nitrogens is 2. The molecule has 0 aromatic carbocycles. The quantitative estimate of drug-likeness (QED) is 0.856. The highest BCUT2D eigenvalue weighted by molar-refractivity contribution is 7.18. The summed E-state index contributed by atoms with van der Waals surface area (Å²) in [6.07, 6.45) is 3.94. The van der Waals surface area contributed by atoms with E-state index in [1.165, 1.54) is 15.8 Å². The molecule has 0 aliphatic carbocycles. The van der Waals surface area contributed by atoms with Crippen LogP contribution in [0.15, 0.2) is 6.33 Å². The van der Waals surface area contributed by atoms with Crippen molar-refractivity contribution in [3.05, 3.63) is 16.8 Å². The van der Waals surface area contributed by atoms with Crippen molar-refractivity contribution in [1.82, 2.24) is 9.97 Å². The molecule has 1 atom stereocenters. The van der Waals surface area contributed by atoms with Crippen molar-refractivity contribution in [2.45, 2.75) is 32.7 Å². The van der Waals surface area contributed by atoms with Crippen LogP contribution in [-0.2, 0) is 0 Å². The minimum Gasteiger partial charge on any atom is -0.354 e. The molecule has 5 heteroatoms. The highest BCUT2D eigenvalue weighted by Crippen LogP contribution is 2.34. The molecule has 4 nitrogen and oxygen atoms in total. The molecular weight excluding hydrogens is 244 g/mol. The van der Waals surface area contributed by atoms with Gasteiger partial charge in [0.25, 0.3) is 0 Å². The summed E-state index contributed by atoms with van der Waals surface area (Å²) in [7, 11) is 0. The Bertz CT molecular complexity index is 578. The Hall–Kier alpha value is -1.20. The van der Waals surface area contributed by atoms with Crippen LogP contribution in [0.2, 0.25) is 0 Å². The molecule has 0 spiro atoms. The van der Waals surface area contributed by atoms with Crippen molar-refractivity contribution in [1.29, 1.82) is 0 Å². The van der Waals surface area contributed by atoms with E-state index in [0.29, 0.717) is 0 Å². The maximum Gasteiger partial charge on any atom is 0.141 e. The highest BCUT2D eigenvalue weighted by atomic mass is 32.1. The van der Waals surface area contributed by atoms with Crippen molar-refractivity contribution in [3.63, 3.8) is 0 Å². The second-order valence-corrected chi connectivity index (χ2v) is 6.21. The summed E-state index contributed by atoms with van der Waals surface area (Å²) in [4.78, 5) is 13.6. The number of piperidine rings is 1. The van der Waals surface area contributed by atoms with Crippen LogP contribution in [0.1, 0.15) is 23.3 Å². The van der Waals surface area contributed by atoms with E-state index < -0.39 is 0 Å². The minimum atomic E-state index is 0.267. The van der Waals surface area contributed by atoms with E-state index in [2.05, 4.69) is 28.7 Å². The third-order valence-corrected chi connectivity index (χ3v) is 4.82. The number of hydrogen-bond donors (Lipinski definition) is 1. The van der Waals surface area contributed by atoms with Gasteiger partial charge in [-0.1, -0.05) is 0 Å². The van der Waals surface area contributed by atoms with Gasteiger partial charge in [0.05, 0.1) is 5.39 Å². The fourth-order valence-corrected chi connectivity index (χ4v) is 3.60. The number of nitrogens with zero attached hydrogens (tertiary/aromatic N) is 3. The molecule has 18 heavy (non-hydrogen) atoms. The molecule has 2 aromatic heterocycles. The molecule has 1 aliphatic rings. The molecule has 2 N–H and O–H groups in total. The van der Waals surface area contributed by atoms with E-state index >= 15 is 0 Å². The van der Waals surface area contributed by atoms with Crippen LogP contribution >= 0.6 is 11.3 Å². The van der Waals surface area contributed by atoms with Crippen LogP contribution in [-0.4, -0.2) is 29.1 Å². The first kappa shape index (κ1) is 11.9. The standard InChI is InChI=1S/C13H18N4S/c1-8-9(2)18-13-11(8)12(15-7-16-13)17-5-3-4-10(14)6-17/h7,10H,3-6,14H2,1-2H3/t10-/m1/s1. The Morgan fingerprint density at radius 2 is 2.22 bits per heavy atom. The van der Waals surface area contributed by atoms with Gasteiger partial charge in [-0.25, -0.2) is 9.97 Å². The summed E-state index contributed by atoms with van der Waals surface area (Å²) in [6.45, 7) is 6.26. The van der Waals surface area contributed by atoms with Gasteiger partial charge in [-0.15, -0.1) is 11.3 Å². The minimum absolute atomic E-state index is 0.267. The van der Waals surface area contributed by atoms with Gasteiger partial charge in [0.15, 0.2) is 0 Å². The second-order valence-electron chi connectivity index (χ2n) is 5.01. The summed E-state index contributed by atoms with van der Waals surface area (Å²) in [5, 5.41) is 1.22. The number of anilines is 1. The lowest BCUT2D eigenvalue weighted by atomic mass is 10.1. The molecule has 1 fully saturated rings. The van der Waals surface area contributed by atoms with Crippen molar-refractivity contribution >= 4 is 27.4 Å². The second kappa shape index (κ2) is 4.48. The number of hydrogen-bond acceptors (Lipinski definition) is 5. The summed E-state index contributed by atoms with van der Waals surface area (Å²) in [5.41, 5.74) is 7.38. The normalized spacial score (nSPS) is 20.6. The number of fused-ring (bicyclic) bond motifs is 1. The maximum absolute atomic E-state index is 6.07. The first-order chi connectivity index (χ1) is 8.66. The Kier molecular flexibility index (Phi) is 2.95. The summed E-state index contributed by atoms with van der Waals surface area (Å²) in [5.74, 6) is 1.07. The Labute approximate surface area is 111 Å². The Morgan fingerprint density at radius 1 is 1.39 bits per heavy atom. The summed E-state index contributed by atoms with van der Waals surface area (Å²) >= 11 is 1.75. The fourth-order valence-electron chi connectivity index (χ4n) is 2.61. The van der Waals surface area contributed by atoms with Gasteiger partial charge in [0, 0.05) is 24.0 Å². The molecule has 0 radical (unpaired) electrons. The lowest BCUT2D eigenvalue weighted by Gasteiger charge is -2.32. The number of aryl methyl sites for hydroxylation is 2. The van der Waals surface area contributed by atoms with Crippen LogP contribution in [0, 0.1) is 13.8 Å². The zero-order chi connectivity index (χ0) is 12.7. The van der Waals surface area contributed by atoms with E-state index in [0.717, 1.165) is 36.6 Å². The zero-order valence-corrected chi connectivity index (χ0v) is 11.6. The monoisotopic (exact) mass is 262 g/mol. The van der Waals surface area contributed by atoms with Gasteiger partial charge in [0.1, 0.15) is 17.0 Å². The molecule has 1 aliphatic heterocycles. The lowest BCUT2D eigenvalue weighted by Crippen LogP contribution is -2.43. The van der Waals surface area contributed by atoms with E-state index in [9.17, 15) is 0 Å². The van der Waals surface area contributed by atoms with Crippen molar-refractivity contribution in [2.24, 2.45) is 5.73 Å². The molecule has 0 saturated carbocycles. The predicted octanol–water partition coefficient (Wildman–Crippen LogP) is 2.24. The van der Waals surface area contributed by atoms with E-state index in [1.807, 2.05) is 0 Å². The molecule has 0 amide bonds. The molecule has 0 bridgehead atoms. The number of thiophene rings is 1. The smallest absolute Gasteiger partial charge is 0.141 e. The summed E-state index contributed by atoms with van der Waals surface area (Å²) < 4.78 is 0. The largest absolute Gasteiger partial charge is 0.354 e. The average molecular weight is 262 g/mol. The zero-order valence-electron chi connectivity index (χ0n) is 10.8. The first-order valence-corrected chi connectivity index (χ1v) is 7.19. The van der Waals surface area contributed by atoms with Gasteiger partial charge in [0.2, 0.25) is 0 Å². The lowest BCUT2D eigenvalue weighted by molar-refractivity contribution is 0.504. The molecule has 2 aromatic rings. The fraction of sp³-hybridized carbons (Fsp3) is 0.538. The number of nitrogens with two attached hydrogens (primary N) is 1. The molecule has 96 valence electrons. The molecule has 3 rings (SSSR count). The number of rotatable bonds is 1. The van der Waals surface area contributed by atoms with Crippen LogP contribution in [0.25, 0.3) is 10.2 Å².